The lowest BCUT2D eigenvalue weighted by Gasteiger charge is -2.21. The van der Waals surface area contributed by atoms with Gasteiger partial charge >= 0.3 is 0 Å². The number of nitrogens with one attached hydrogen (secondary N) is 1. The van der Waals surface area contributed by atoms with E-state index in [1.54, 1.807) is 36.5 Å². The van der Waals surface area contributed by atoms with E-state index in [0.717, 1.165) is 25.7 Å². The van der Waals surface area contributed by atoms with Gasteiger partial charge in [0, 0.05) is 17.3 Å². The third-order valence-electron chi connectivity index (χ3n) is 5.29. The van der Waals surface area contributed by atoms with Crippen LogP contribution in [0.5, 0.6) is 0 Å². The van der Waals surface area contributed by atoms with Crippen molar-refractivity contribution in [3.63, 3.8) is 0 Å². The smallest absolute Gasteiger partial charge is 0.265 e. The summed E-state index contributed by atoms with van der Waals surface area (Å²) in [7, 11) is 0. The summed E-state index contributed by atoms with van der Waals surface area (Å²) in [6, 6.07) is 8.64. The summed E-state index contributed by atoms with van der Waals surface area (Å²) in [5.41, 5.74) is 1.11. The molecule has 1 fully saturated rings. The molecule has 0 unspecified atom stereocenters. The van der Waals surface area contributed by atoms with Crippen molar-refractivity contribution < 1.29 is 4.79 Å². The molecule has 0 radical (unpaired) electrons. The fraction of sp³-hybridized carbons (Fsp3) is 0.381. The number of hydrogen-bond acceptors (Lipinski definition) is 3. The Morgan fingerprint density at radius 3 is 2.63 bits per heavy atom. The lowest BCUT2D eigenvalue weighted by atomic mass is 9.96. The van der Waals surface area contributed by atoms with Crippen LogP contribution in [0.1, 0.15) is 55.3 Å². The van der Waals surface area contributed by atoms with E-state index in [-0.39, 0.29) is 17.5 Å². The van der Waals surface area contributed by atoms with Crippen LogP contribution in [0.25, 0.3) is 16.6 Å². The van der Waals surface area contributed by atoms with Gasteiger partial charge in [-0.3, -0.25) is 14.0 Å². The molecule has 0 saturated heterocycles. The summed E-state index contributed by atoms with van der Waals surface area (Å²) in [4.78, 5) is 30.3. The molecule has 5 nitrogen and oxygen atoms in total. The Kier molecular flexibility index (Phi) is 5.12. The normalized spacial score (nSPS) is 16.2. The van der Waals surface area contributed by atoms with Crippen molar-refractivity contribution >= 4 is 34.1 Å². The summed E-state index contributed by atoms with van der Waals surface area (Å²) in [5.74, 6) is -0.168. The van der Waals surface area contributed by atoms with E-state index >= 15 is 0 Å². The summed E-state index contributed by atoms with van der Waals surface area (Å²) in [6.07, 6.45) is 9.67. The number of carbonyl (C=O) groups excluding carboxylic acids is 1. The van der Waals surface area contributed by atoms with Gasteiger partial charge in [0.2, 0.25) is 0 Å². The Labute approximate surface area is 162 Å². The van der Waals surface area contributed by atoms with Gasteiger partial charge in [-0.05, 0) is 43.2 Å². The monoisotopic (exact) mass is 383 g/mol. The minimum atomic E-state index is -0.224. The first kappa shape index (κ1) is 18.0. The Balaban J connectivity index is 1.73. The topological polar surface area (TPSA) is 63.5 Å². The summed E-state index contributed by atoms with van der Waals surface area (Å²) in [5, 5.41) is 4.08. The highest BCUT2D eigenvalue weighted by molar-refractivity contribution is 6.31. The number of nitrogens with zero attached hydrogens (tertiary/aromatic N) is 2. The lowest BCUT2D eigenvalue weighted by molar-refractivity contribution is 0.0931. The Bertz CT molecular complexity index is 1050. The SMILES string of the molecule is O=C(NC1CCCCCCC1)c1cccn2c(=O)c3cc(Cl)ccc3nc12. The second kappa shape index (κ2) is 7.69. The van der Waals surface area contributed by atoms with Crippen LogP contribution in [0, 0.1) is 0 Å². The van der Waals surface area contributed by atoms with Gasteiger partial charge < -0.3 is 5.32 Å². The minimum absolute atomic E-state index is 0.168. The standard InChI is InChI=1S/C21H22ClN3O2/c22-14-10-11-18-17(13-14)21(27)25-12-6-9-16(19(25)24-18)20(26)23-15-7-4-2-1-3-5-8-15/h6,9-13,15H,1-5,7-8H2,(H,23,26). The van der Waals surface area contributed by atoms with Gasteiger partial charge in [-0.25, -0.2) is 4.98 Å². The Hall–Kier alpha value is -2.40. The van der Waals surface area contributed by atoms with E-state index in [1.807, 2.05) is 0 Å². The molecule has 4 rings (SSSR count). The van der Waals surface area contributed by atoms with Crippen molar-refractivity contribution in [2.45, 2.75) is 51.0 Å². The largest absolute Gasteiger partial charge is 0.349 e. The molecule has 3 aromatic rings. The van der Waals surface area contributed by atoms with Crippen molar-refractivity contribution in [3.8, 4) is 0 Å². The highest BCUT2D eigenvalue weighted by Crippen LogP contribution is 2.19. The Morgan fingerprint density at radius 2 is 1.85 bits per heavy atom. The number of fused-ring (bicyclic) bond motifs is 2. The zero-order valence-corrected chi connectivity index (χ0v) is 15.8. The van der Waals surface area contributed by atoms with Crippen LogP contribution >= 0.6 is 11.6 Å². The number of rotatable bonds is 2. The van der Waals surface area contributed by atoms with Gasteiger partial charge in [0.1, 0.15) is 0 Å². The number of hydrogen-bond donors (Lipinski definition) is 1. The van der Waals surface area contributed by atoms with Crippen molar-refractivity contribution in [1.29, 1.82) is 0 Å². The van der Waals surface area contributed by atoms with Crippen LogP contribution < -0.4 is 10.9 Å². The summed E-state index contributed by atoms with van der Waals surface area (Å²) >= 11 is 6.02. The second-order valence-corrected chi connectivity index (χ2v) is 7.65. The first-order valence-corrected chi connectivity index (χ1v) is 9.93. The van der Waals surface area contributed by atoms with Crippen molar-refractivity contribution in [2.75, 3.05) is 0 Å². The molecule has 1 amide bonds. The van der Waals surface area contributed by atoms with Crippen LogP contribution in [0.15, 0.2) is 41.3 Å². The van der Waals surface area contributed by atoms with E-state index < -0.39 is 0 Å². The van der Waals surface area contributed by atoms with Gasteiger partial charge in [-0.2, -0.15) is 0 Å². The zero-order valence-electron chi connectivity index (χ0n) is 15.1. The van der Waals surface area contributed by atoms with E-state index in [9.17, 15) is 9.59 Å². The van der Waals surface area contributed by atoms with Crippen molar-refractivity contribution in [3.05, 3.63) is 57.5 Å². The van der Waals surface area contributed by atoms with Crippen molar-refractivity contribution in [1.82, 2.24) is 14.7 Å². The molecule has 1 aliphatic rings. The average molecular weight is 384 g/mol. The molecule has 1 aliphatic carbocycles. The third kappa shape index (κ3) is 3.69. The summed E-state index contributed by atoms with van der Waals surface area (Å²) < 4.78 is 1.42. The number of carbonyl (C=O) groups is 1. The molecular weight excluding hydrogens is 362 g/mol. The highest BCUT2D eigenvalue weighted by atomic mass is 35.5. The van der Waals surface area contributed by atoms with Gasteiger partial charge in [-0.1, -0.05) is 43.7 Å². The number of benzene rings is 1. The number of halogens is 1. The van der Waals surface area contributed by atoms with Gasteiger partial charge in [0.25, 0.3) is 11.5 Å². The molecule has 2 heterocycles. The quantitative estimate of drug-likeness (QED) is 0.669. The predicted octanol–water partition coefficient (Wildman–Crippen LogP) is 4.34. The molecule has 2 aromatic heterocycles. The molecular formula is C21H22ClN3O2. The highest BCUT2D eigenvalue weighted by Gasteiger charge is 2.18. The molecule has 6 heteroatoms. The van der Waals surface area contributed by atoms with E-state index in [0.29, 0.717) is 27.1 Å². The maximum Gasteiger partial charge on any atom is 0.265 e. The molecule has 1 N–H and O–H groups in total. The third-order valence-corrected chi connectivity index (χ3v) is 5.52. The number of pyridine rings is 1. The zero-order chi connectivity index (χ0) is 18.8. The van der Waals surface area contributed by atoms with Crippen LogP contribution in [0.4, 0.5) is 0 Å². The fourth-order valence-electron chi connectivity index (χ4n) is 3.84. The lowest BCUT2D eigenvalue weighted by Crippen LogP contribution is -2.36. The van der Waals surface area contributed by atoms with Gasteiger partial charge in [0.15, 0.2) is 5.65 Å². The van der Waals surface area contributed by atoms with Gasteiger partial charge in [0.05, 0.1) is 16.5 Å². The molecule has 27 heavy (non-hydrogen) atoms. The Morgan fingerprint density at radius 1 is 1.11 bits per heavy atom. The maximum absolute atomic E-state index is 12.9. The molecule has 0 atom stereocenters. The first-order chi connectivity index (χ1) is 13.1. The molecule has 1 aromatic carbocycles. The van der Waals surface area contributed by atoms with Crippen LogP contribution in [0.2, 0.25) is 5.02 Å². The number of amides is 1. The molecule has 0 bridgehead atoms. The molecule has 140 valence electrons. The molecule has 1 saturated carbocycles. The number of aromatic nitrogens is 2. The molecule has 0 aliphatic heterocycles. The fourth-order valence-corrected chi connectivity index (χ4v) is 4.01. The molecule has 0 spiro atoms. The van der Waals surface area contributed by atoms with Gasteiger partial charge in [-0.15, -0.1) is 0 Å². The average Bonchev–Trinajstić information content (AvgIpc) is 2.64. The van der Waals surface area contributed by atoms with Crippen LogP contribution in [-0.4, -0.2) is 21.3 Å². The predicted molar refractivity (Wildman–Crippen MR) is 108 cm³/mol. The van der Waals surface area contributed by atoms with E-state index in [2.05, 4.69) is 10.3 Å². The second-order valence-electron chi connectivity index (χ2n) is 7.21. The van der Waals surface area contributed by atoms with Crippen LogP contribution in [-0.2, 0) is 0 Å². The van der Waals surface area contributed by atoms with E-state index in [1.165, 1.54) is 23.7 Å². The van der Waals surface area contributed by atoms with Crippen molar-refractivity contribution in [2.24, 2.45) is 0 Å². The van der Waals surface area contributed by atoms with Crippen LogP contribution in [0.3, 0.4) is 0 Å². The maximum atomic E-state index is 12.9. The minimum Gasteiger partial charge on any atom is -0.349 e. The summed E-state index contributed by atoms with van der Waals surface area (Å²) in [6.45, 7) is 0. The van der Waals surface area contributed by atoms with E-state index in [4.69, 9.17) is 11.6 Å². The first-order valence-electron chi connectivity index (χ1n) is 9.55.